The molecule has 0 atom stereocenters. The summed E-state index contributed by atoms with van der Waals surface area (Å²) in [6.45, 7) is 2.10. The van der Waals surface area contributed by atoms with Crippen LogP contribution in [0.4, 0.5) is 0 Å². The van der Waals surface area contributed by atoms with E-state index in [0.717, 1.165) is 55.2 Å². The first kappa shape index (κ1) is 15.8. The van der Waals surface area contributed by atoms with E-state index in [1.807, 2.05) is 30.3 Å². The highest BCUT2D eigenvalue weighted by Gasteiger charge is 2.17. The van der Waals surface area contributed by atoms with Gasteiger partial charge in [-0.05, 0) is 55.0 Å². The SMILES string of the molecule is Cc1ccc2oc3ccc(-c4cccc5c4oc4nc6ccccc6n45)cc3c2c1. The van der Waals surface area contributed by atoms with E-state index < -0.39 is 0 Å². The Morgan fingerprint density at radius 1 is 0.733 bits per heavy atom. The Bertz CT molecular complexity index is 1760. The van der Waals surface area contributed by atoms with Crippen molar-refractivity contribution in [2.45, 2.75) is 6.92 Å². The van der Waals surface area contributed by atoms with Crippen LogP contribution in [0.5, 0.6) is 0 Å². The molecule has 3 aromatic heterocycles. The van der Waals surface area contributed by atoms with Crippen LogP contribution >= 0.6 is 0 Å². The lowest BCUT2D eigenvalue weighted by molar-refractivity contribution is 0.644. The Morgan fingerprint density at radius 3 is 2.47 bits per heavy atom. The molecule has 7 aromatic rings. The van der Waals surface area contributed by atoms with Crippen molar-refractivity contribution in [2.75, 3.05) is 0 Å². The van der Waals surface area contributed by atoms with Gasteiger partial charge >= 0.3 is 5.84 Å². The molecule has 7 rings (SSSR count). The monoisotopic (exact) mass is 388 g/mol. The lowest BCUT2D eigenvalue weighted by Crippen LogP contribution is -1.83. The minimum atomic E-state index is 0.615. The van der Waals surface area contributed by atoms with Crippen molar-refractivity contribution in [1.29, 1.82) is 0 Å². The van der Waals surface area contributed by atoms with Crippen LogP contribution in [-0.4, -0.2) is 9.38 Å². The Labute approximate surface area is 171 Å². The molecule has 0 radical (unpaired) electrons. The number of imidazole rings is 1. The van der Waals surface area contributed by atoms with E-state index in [0.29, 0.717) is 5.84 Å². The predicted molar refractivity (Wildman–Crippen MR) is 120 cm³/mol. The van der Waals surface area contributed by atoms with Crippen LogP contribution in [0.3, 0.4) is 0 Å². The second-order valence-corrected chi connectivity index (χ2v) is 7.79. The number of aryl methyl sites for hydroxylation is 1. The average Bonchev–Trinajstić information content (AvgIpc) is 3.42. The van der Waals surface area contributed by atoms with Gasteiger partial charge in [0.05, 0.1) is 16.6 Å². The minimum Gasteiger partial charge on any atom is -0.456 e. The third-order valence-electron chi connectivity index (χ3n) is 5.89. The molecule has 0 aliphatic rings. The van der Waals surface area contributed by atoms with E-state index in [9.17, 15) is 0 Å². The number of oxazole rings is 1. The van der Waals surface area contributed by atoms with Crippen molar-refractivity contribution in [3.05, 3.63) is 84.4 Å². The molecular formula is C26H16N2O2. The van der Waals surface area contributed by atoms with E-state index in [4.69, 9.17) is 8.83 Å². The highest BCUT2D eigenvalue weighted by Crippen LogP contribution is 2.37. The first-order valence-corrected chi connectivity index (χ1v) is 9.98. The zero-order valence-electron chi connectivity index (χ0n) is 16.2. The molecule has 142 valence electrons. The van der Waals surface area contributed by atoms with Gasteiger partial charge in [-0.15, -0.1) is 0 Å². The van der Waals surface area contributed by atoms with Gasteiger partial charge in [0.1, 0.15) is 11.2 Å². The molecular weight excluding hydrogens is 372 g/mol. The molecule has 0 aliphatic heterocycles. The molecule has 3 heterocycles. The molecule has 4 aromatic carbocycles. The van der Waals surface area contributed by atoms with Gasteiger partial charge in [0.25, 0.3) is 0 Å². The Kier molecular flexibility index (Phi) is 2.91. The largest absolute Gasteiger partial charge is 0.456 e. The van der Waals surface area contributed by atoms with Crippen molar-refractivity contribution < 1.29 is 8.83 Å². The lowest BCUT2D eigenvalue weighted by Gasteiger charge is -2.03. The van der Waals surface area contributed by atoms with Crippen molar-refractivity contribution in [3.8, 4) is 11.1 Å². The number of aromatic nitrogens is 2. The predicted octanol–water partition coefficient (Wildman–Crippen LogP) is 7.11. The molecule has 0 unspecified atom stereocenters. The Balaban J connectivity index is 1.54. The molecule has 4 heteroatoms. The van der Waals surface area contributed by atoms with Crippen molar-refractivity contribution in [3.63, 3.8) is 0 Å². The fraction of sp³-hybridized carbons (Fsp3) is 0.0385. The number of hydrogen-bond acceptors (Lipinski definition) is 3. The zero-order valence-corrected chi connectivity index (χ0v) is 16.2. The molecule has 30 heavy (non-hydrogen) atoms. The maximum absolute atomic E-state index is 6.25. The van der Waals surface area contributed by atoms with Gasteiger partial charge < -0.3 is 8.83 Å². The van der Waals surface area contributed by atoms with Gasteiger partial charge in [0, 0.05) is 16.3 Å². The first-order chi connectivity index (χ1) is 14.8. The molecule has 0 spiro atoms. The van der Waals surface area contributed by atoms with Crippen molar-refractivity contribution in [2.24, 2.45) is 0 Å². The topological polar surface area (TPSA) is 43.6 Å². The maximum Gasteiger partial charge on any atom is 0.307 e. The third kappa shape index (κ3) is 2.02. The molecule has 0 fully saturated rings. The Morgan fingerprint density at radius 2 is 1.53 bits per heavy atom. The number of benzene rings is 4. The summed E-state index contributed by atoms with van der Waals surface area (Å²) in [4.78, 5) is 4.66. The third-order valence-corrected chi connectivity index (χ3v) is 5.89. The molecule has 4 nitrogen and oxygen atoms in total. The summed E-state index contributed by atoms with van der Waals surface area (Å²) >= 11 is 0. The molecule has 0 aliphatic carbocycles. The van der Waals surface area contributed by atoms with Crippen molar-refractivity contribution in [1.82, 2.24) is 9.38 Å². The molecule has 0 N–H and O–H groups in total. The number of furan rings is 1. The van der Waals surface area contributed by atoms with E-state index in [1.54, 1.807) is 0 Å². The van der Waals surface area contributed by atoms with E-state index in [-0.39, 0.29) is 0 Å². The second kappa shape index (κ2) is 5.51. The second-order valence-electron chi connectivity index (χ2n) is 7.79. The summed E-state index contributed by atoms with van der Waals surface area (Å²) in [6, 6.07) is 27.0. The summed E-state index contributed by atoms with van der Waals surface area (Å²) in [5.74, 6) is 0.615. The maximum atomic E-state index is 6.25. The van der Waals surface area contributed by atoms with E-state index >= 15 is 0 Å². The van der Waals surface area contributed by atoms with E-state index in [2.05, 4.69) is 64.8 Å². The van der Waals surface area contributed by atoms with Crippen LogP contribution in [0.15, 0.2) is 87.7 Å². The highest BCUT2D eigenvalue weighted by atomic mass is 16.4. The number of nitrogens with zero attached hydrogens (tertiary/aromatic N) is 2. The lowest BCUT2D eigenvalue weighted by atomic mass is 10.0. The average molecular weight is 388 g/mol. The molecule has 0 saturated heterocycles. The van der Waals surface area contributed by atoms with Gasteiger partial charge in [-0.1, -0.05) is 42.0 Å². The summed E-state index contributed by atoms with van der Waals surface area (Å²) < 4.78 is 14.4. The normalized spacial score (nSPS) is 12.2. The van der Waals surface area contributed by atoms with Gasteiger partial charge in [0.2, 0.25) is 0 Å². The van der Waals surface area contributed by atoms with Crippen LogP contribution in [0.25, 0.3) is 61.0 Å². The smallest absolute Gasteiger partial charge is 0.307 e. The Hall–Kier alpha value is -4.05. The fourth-order valence-corrected chi connectivity index (χ4v) is 4.49. The standard InChI is InChI=1S/C26H16N2O2/c1-15-9-11-23-18(13-15)19-14-16(10-12-24(19)29-23)17-5-4-8-22-25(17)30-26-27-20-6-2-3-7-21(20)28(22)26/h2-14H,1H3. The van der Waals surface area contributed by atoms with Crippen LogP contribution in [0, 0.1) is 6.92 Å². The number of rotatable bonds is 1. The fourth-order valence-electron chi connectivity index (χ4n) is 4.49. The summed E-state index contributed by atoms with van der Waals surface area (Å²) in [5.41, 5.74) is 9.01. The van der Waals surface area contributed by atoms with Crippen LogP contribution < -0.4 is 0 Å². The van der Waals surface area contributed by atoms with E-state index in [1.165, 1.54) is 5.56 Å². The first-order valence-electron chi connectivity index (χ1n) is 9.98. The molecule has 0 amide bonds. The van der Waals surface area contributed by atoms with Gasteiger partial charge in [-0.2, -0.15) is 4.98 Å². The van der Waals surface area contributed by atoms with Crippen molar-refractivity contribution >= 4 is 49.9 Å². The summed E-state index contributed by atoms with van der Waals surface area (Å²) in [6.07, 6.45) is 0. The van der Waals surface area contributed by atoms with Gasteiger partial charge in [-0.3, -0.25) is 4.40 Å². The number of fused-ring (bicyclic) bond motifs is 8. The van der Waals surface area contributed by atoms with Crippen LogP contribution in [0.2, 0.25) is 0 Å². The summed E-state index contributed by atoms with van der Waals surface area (Å²) in [5, 5.41) is 2.25. The zero-order chi connectivity index (χ0) is 19.8. The summed E-state index contributed by atoms with van der Waals surface area (Å²) in [7, 11) is 0. The number of para-hydroxylation sites is 3. The van der Waals surface area contributed by atoms with Gasteiger partial charge in [-0.25, -0.2) is 0 Å². The minimum absolute atomic E-state index is 0.615. The van der Waals surface area contributed by atoms with Crippen LogP contribution in [-0.2, 0) is 0 Å². The van der Waals surface area contributed by atoms with Crippen LogP contribution in [0.1, 0.15) is 5.56 Å². The number of hydrogen-bond donors (Lipinski definition) is 0. The van der Waals surface area contributed by atoms with Gasteiger partial charge in [0.15, 0.2) is 5.58 Å². The molecule has 0 bridgehead atoms. The molecule has 0 saturated carbocycles. The quantitative estimate of drug-likeness (QED) is 0.301. The highest BCUT2D eigenvalue weighted by molar-refractivity contribution is 6.07.